The highest BCUT2D eigenvalue weighted by molar-refractivity contribution is 9.10. The molecule has 0 unspecified atom stereocenters. The van der Waals surface area contributed by atoms with Crippen LogP contribution < -0.4 is 5.32 Å². The Morgan fingerprint density at radius 1 is 1.38 bits per heavy atom. The van der Waals surface area contributed by atoms with Gasteiger partial charge in [-0.1, -0.05) is 28.1 Å². The molecule has 86 valence electrons. The van der Waals surface area contributed by atoms with E-state index in [1.54, 1.807) is 0 Å². The number of halogens is 1. The van der Waals surface area contributed by atoms with Gasteiger partial charge < -0.3 is 10.1 Å². The topological polar surface area (TPSA) is 38.3 Å². The van der Waals surface area contributed by atoms with Gasteiger partial charge in [-0.25, -0.2) is 0 Å². The Morgan fingerprint density at radius 3 is 2.56 bits per heavy atom. The summed E-state index contributed by atoms with van der Waals surface area (Å²) in [6, 6.07) is 7.97. The molecule has 0 saturated carbocycles. The number of carbonyl (C=O) groups excluding carboxylic acids is 1. The van der Waals surface area contributed by atoms with Gasteiger partial charge in [0.1, 0.15) is 12.7 Å². The van der Waals surface area contributed by atoms with Crippen LogP contribution in [0.3, 0.4) is 0 Å². The maximum absolute atomic E-state index is 11.3. The van der Waals surface area contributed by atoms with Crippen molar-refractivity contribution in [3.8, 4) is 0 Å². The second kappa shape index (κ2) is 4.18. The zero-order chi connectivity index (χ0) is 11.8. The van der Waals surface area contributed by atoms with Gasteiger partial charge in [0.2, 0.25) is 5.91 Å². The molecule has 0 spiro atoms. The van der Waals surface area contributed by atoms with Crippen molar-refractivity contribution in [1.82, 2.24) is 5.32 Å². The summed E-state index contributed by atoms with van der Waals surface area (Å²) in [5.41, 5.74) is 0.705. The first-order valence-electron chi connectivity index (χ1n) is 5.17. The van der Waals surface area contributed by atoms with Gasteiger partial charge in [0.05, 0.1) is 5.54 Å². The molecular formula is C12H14BrNO2. The van der Waals surface area contributed by atoms with Crippen molar-refractivity contribution in [3.05, 3.63) is 34.3 Å². The van der Waals surface area contributed by atoms with Gasteiger partial charge in [0.25, 0.3) is 0 Å². The first-order chi connectivity index (χ1) is 7.49. The van der Waals surface area contributed by atoms with E-state index in [1.807, 2.05) is 38.1 Å². The Morgan fingerprint density at radius 2 is 2.00 bits per heavy atom. The summed E-state index contributed by atoms with van der Waals surface area (Å²) in [6.45, 7) is 4.07. The summed E-state index contributed by atoms with van der Waals surface area (Å²) in [5, 5.41) is 2.94. The Labute approximate surface area is 103 Å². The molecule has 1 heterocycles. The van der Waals surface area contributed by atoms with Crippen LogP contribution in [-0.2, 0) is 9.53 Å². The number of ether oxygens (including phenoxy) is 1. The molecule has 0 aliphatic carbocycles. The minimum Gasteiger partial charge on any atom is -0.361 e. The van der Waals surface area contributed by atoms with Gasteiger partial charge in [-0.3, -0.25) is 4.79 Å². The molecule has 1 fully saturated rings. The lowest BCUT2D eigenvalue weighted by atomic mass is 9.90. The van der Waals surface area contributed by atoms with Crippen LogP contribution in [0.1, 0.15) is 25.5 Å². The number of nitrogens with one attached hydrogen (secondary N) is 1. The molecule has 16 heavy (non-hydrogen) atoms. The lowest BCUT2D eigenvalue weighted by molar-refractivity contribution is -0.142. The zero-order valence-corrected chi connectivity index (χ0v) is 10.9. The van der Waals surface area contributed by atoms with E-state index in [-0.39, 0.29) is 24.2 Å². The monoisotopic (exact) mass is 283 g/mol. The fraction of sp³-hybridized carbons (Fsp3) is 0.417. The minimum absolute atomic E-state index is 0.0571. The number of benzene rings is 1. The van der Waals surface area contributed by atoms with Crippen molar-refractivity contribution in [3.63, 3.8) is 0 Å². The summed E-state index contributed by atoms with van der Waals surface area (Å²) in [6.07, 6.45) is -0.0988. The molecule has 0 aromatic heterocycles. The van der Waals surface area contributed by atoms with E-state index >= 15 is 0 Å². The van der Waals surface area contributed by atoms with Crippen LogP contribution in [0, 0.1) is 0 Å². The highest BCUT2D eigenvalue weighted by Gasteiger charge is 2.37. The van der Waals surface area contributed by atoms with Crippen LogP contribution >= 0.6 is 15.9 Å². The van der Waals surface area contributed by atoms with E-state index < -0.39 is 0 Å². The molecule has 1 N–H and O–H groups in total. The highest BCUT2D eigenvalue weighted by Crippen LogP contribution is 2.32. The molecule has 2 rings (SSSR count). The first-order valence-corrected chi connectivity index (χ1v) is 5.96. The Kier molecular flexibility index (Phi) is 3.04. The largest absolute Gasteiger partial charge is 0.361 e. The molecule has 1 saturated heterocycles. The highest BCUT2D eigenvalue weighted by atomic mass is 79.9. The average Bonchev–Trinajstić information content (AvgIpc) is 2.18. The summed E-state index contributed by atoms with van der Waals surface area (Å²) in [4.78, 5) is 11.3. The molecule has 1 aliphatic rings. The molecule has 4 heteroatoms. The number of hydrogen-bond donors (Lipinski definition) is 1. The molecule has 1 aliphatic heterocycles. The molecule has 1 atom stereocenters. The fourth-order valence-corrected chi connectivity index (χ4v) is 2.24. The molecule has 0 bridgehead atoms. The number of hydrogen-bond acceptors (Lipinski definition) is 2. The first kappa shape index (κ1) is 11.6. The second-order valence-corrected chi connectivity index (χ2v) is 5.43. The maximum atomic E-state index is 11.3. The lowest BCUT2D eigenvalue weighted by Gasteiger charge is -2.39. The quantitative estimate of drug-likeness (QED) is 0.860. The number of morpholine rings is 1. The van der Waals surface area contributed by atoms with Crippen molar-refractivity contribution in [2.24, 2.45) is 0 Å². The number of rotatable bonds is 1. The molecule has 0 radical (unpaired) electrons. The zero-order valence-electron chi connectivity index (χ0n) is 9.29. The molecule has 3 nitrogen and oxygen atoms in total. The number of amides is 1. The number of carbonyl (C=O) groups is 1. The van der Waals surface area contributed by atoms with Gasteiger partial charge in [0.15, 0.2) is 0 Å². The van der Waals surface area contributed by atoms with Gasteiger partial charge in [-0.2, -0.15) is 0 Å². The van der Waals surface area contributed by atoms with Crippen molar-refractivity contribution >= 4 is 21.8 Å². The van der Waals surface area contributed by atoms with Gasteiger partial charge in [-0.15, -0.1) is 0 Å². The van der Waals surface area contributed by atoms with Crippen LogP contribution in [0.5, 0.6) is 0 Å². The third-order valence-corrected chi connectivity index (χ3v) is 3.20. The summed E-state index contributed by atoms with van der Waals surface area (Å²) < 4.78 is 6.64. The predicted molar refractivity (Wildman–Crippen MR) is 65.1 cm³/mol. The summed E-state index contributed by atoms with van der Waals surface area (Å²) in [7, 11) is 0. The van der Waals surface area contributed by atoms with E-state index in [9.17, 15) is 4.79 Å². The van der Waals surface area contributed by atoms with E-state index in [1.165, 1.54) is 0 Å². The van der Waals surface area contributed by atoms with E-state index in [2.05, 4.69) is 21.2 Å². The van der Waals surface area contributed by atoms with E-state index in [4.69, 9.17) is 4.74 Å². The molecular weight excluding hydrogens is 270 g/mol. The van der Waals surface area contributed by atoms with Crippen LogP contribution in [0.15, 0.2) is 28.7 Å². The van der Waals surface area contributed by atoms with Gasteiger partial charge in [0, 0.05) is 4.47 Å². The predicted octanol–water partition coefficient (Wildman–Crippen LogP) is 2.42. The fourth-order valence-electron chi connectivity index (χ4n) is 1.98. The standard InChI is InChI=1S/C12H14BrNO2/c1-12(2)11(16-7-10(15)14-12)8-3-5-9(13)6-4-8/h3-6,11H,7H2,1-2H3,(H,14,15)/t11-/m1/s1. The van der Waals surface area contributed by atoms with Crippen molar-refractivity contribution < 1.29 is 9.53 Å². The maximum Gasteiger partial charge on any atom is 0.246 e. The van der Waals surface area contributed by atoms with E-state index in [0.717, 1.165) is 10.0 Å². The normalized spacial score (nSPS) is 23.9. The smallest absolute Gasteiger partial charge is 0.246 e. The molecule has 1 aromatic rings. The Hall–Kier alpha value is -0.870. The third kappa shape index (κ3) is 2.28. The van der Waals surface area contributed by atoms with Crippen LogP contribution in [0.2, 0.25) is 0 Å². The second-order valence-electron chi connectivity index (χ2n) is 4.51. The average molecular weight is 284 g/mol. The van der Waals surface area contributed by atoms with Crippen LogP contribution in [0.25, 0.3) is 0 Å². The third-order valence-electron chi connectivity index (χ3n) is 2.67. The SMILES string of the molecule is CC1(C)NC(=O)CO[C@@H]1c1ccc(Br)cc1. The van der Waals surface area contributed by atoms with Crippen LogP contribution in [-0.4, -0.2) is 18.1 Å². The Balaban J connectivity index is 2.26. The molecule has 1 aromatic carbocycles. The van der Waals surface area contributed by atoms with Crippen LogP contribution in [0.4, 0.5) is 0 Å². The molecule has 1 amide bonds. The van der Waals surface area contributed by atoms with Crippen molar-refractivity contribution in [2.75, 3.05) is 6.61 Å². The van der Waals surface area contributed by atoms with Gasteiger partial charge in [-0.05, 0) is 31.5 Å². The van der Waals surface area contributed by atoms with Crippen molar-refractivity contribution in [2.45, 2.75) is 25.5 Å². The van der Waals surface area contributed by atoms with Gasteiger partial charge >= 0.3 is 0 Å². The lowest BCUT2D eigenvalue weighted by Crippen LogP contribution is -2.54. The summed E-state index contributed by atoms with van der Waals surface area (Å²) >= 11 is 3.40. The minimum atomic E-state index is -0.372. The Bertz CT molecular complexity index is 400. The van der Waals surface area contributed by atoms with Crippen molar-refractivity contribution in [1.29, 1.82) is 0 Å². The summed E-state index contributed by atoms with van der Waals surface area (Å²) in [5.74, 6) is -0.0571. The van der Waals surface area contributed by atoms with E-state index in [0.29, 0.717) is 0 Å².